The van der Waals surface area contributed by atoms with Crippen LogP contribution in [0.2, 0.25) is 0 Å². The molecule has 1 unspecified atom stereocenters. The summed E-state index contributed by atoms with van der Waals surface area (Å²) in [5.74, 6) is 0.219. The minimum atomic E-state index is -0.523. The van der Waals surface area contributed by atoms with Crippen molar-refractivity contribution in [1.82, 2.24) is 0 Å². The third kappa shape index (κ3) is 2.61. The first-order chi connectivity index (χ1) is 10.2. The molecular formula is C17H14FNO2. The molecule has 2 aromatic carbocycles. The van der Waals surface area contributed by atoms with Gasteiger partial charge >= 0.3 is 0 Å². The van der Waals surface area contributed by atoms with Crippen molar-refractivity contribution in [3.05, 3.63) is 64.5 Å². The lowest BCUT2D eigenvalue weighted by atomic mass is 10.1. The Hall–Kier alpha value is -2.38. The lowest BCUT2D eigenvalue weighted by Crippen LogP contribution is -2.00. The molecule has 3 rings (SSSR count). The van der Waals surface area contributed by atoms with E-state index in [4.69, 9.17) is 10.00 Å². The highest BCUT2D eigenvalue weighted by Crippen LogP contribution is 2.36. The maximum Gasteiger partial charge on any atom is 0.140 e. The molecule has 106 valence electrons. The monoisotopic (exact) mass is 283 g/mol. The molecule has 0 bridgehead atoms. The number of hydrogen-bond acceptors (Lipinski definition) is 3. The van der Waals surface area contributed by atoms with Crippen molar-refractivity contribution in [3.8, 4) is 11.8 Å². The largest absolute Gasteiger partial charge is 0.489 e. The van der Waals surface area contributed by atoms with Crippen LogP contribution in [0.3, 0.4) is 0 Å². The van der Waals surface area contributed by atoms with E-state index in [1.165, 1.54) is 12.1 Å². The van der Waals surface area contributed by atoms with Crippen LogP contribution in [-0.2, 0) is 13.0 Å². The molecule has 0 spiro atoms. The number of aliphatic hydroxyl groups is 1. The van der Waals surface area contributed by atoms with Crippen LogP contribution >= 0.6 is 0 Å². The van der Waals surface area contributed by atoms with E-state index in [-0.39, 0.29) is 12.2 Å². The number of benzene rings is 2. The van der Waals surface area contributed by atoms with Crippen molar-refractivity contribution in [1.29, 1.82) is 5.26 Å². The van der Waals surface area contributed by atoms with E-state index < -0.39 is 11.9 Å². The van der Waals surface area contributed by atoms with Crippen LogP contribution < -0.4 is 4.74 Å². The van der Waals surface area contributed by atoms with Crippen LogP contribution in [0.1, 0.15) is 34.8 Å². The minimum absolute atomic E-state index is 0.0183. The molecule has 1 aliphatic rings. The molecule has 0 radical (unpaired) electrons. The van der Waals surface area contributed by atoms with E-state index in [0.29, 0.717) is 6.42 Å². The lowest BCUT2D eigenvalue weighted by molar-refractivity contribution is 0.180. The van der Waals surface area contributed by atoms with E-state index in [2.05, 4.69) is 0 Å². The van der Waals surface area contributed by atoms with Crippen LogP contribution in [0.25, 0.3) is 0 Å². The molecule has 0 amide bonds. The summed E-state index contributed by atoms with van der Waals surface area (Å²) in [6.07, 6.45) is 1.09. The third-order valence-electron chi connectivity index (χ3n) is 3.74. The summed E-state index contributed by atoms with van der Waals surface area (Å²) in [7, 11) is 0. The number of halogens is 1. The minimum Gasteiger partial charge on any atom is -0.489 e. The Morgan fingerprint density at radius 2 is 2.19 bits per heavy atom. The number of nitriles is 1. The molecule has 0 fully saturated rings. The summed E-state index contributed by atoms with van der Waals surface area (Å²) in [6, 6.07) is 11.8. The third-order valence-corrected chi connectivity index (χ3v) is 3.74. The molecule has 0 saturated heterocycles. The Labute approximate surface area is 122 Å². The zero-order valence-electron chi connectivity index (χ0n) is 11.3. The molecule has 1 N–H and O–H groups in total. The van der Waals surface area contributed by atoms with E-state index in [1.807, 2.05) is 24.3 Å². The Kier molecular flexibility index (Phi) is 3.59. The van der Waals surface area contributed by atoms with Gasteiger partial charge in [0.1, 0.15) is 24.2 Å². The maximum absolute atomic E-state index is 13.3. The molecule has 3 nitrogen and oxygen atoms in total. The fourth-order valence-corrected chi connectivity index (χ4v) is 2.64. The fraction of sp³-hybridized carbons (Fsp3) is 0.235. The summed E-state index contributed by atoms with van der Waals surface area (Å²) in [6.45, 7) is 0.265. The second kappa shape index (κ2) is 5.55. The van der Waals surface area contributed by atoms with Gasteiger partial charge in [0.15, 0.2) is 0 Å². The summed E-state index contributed by atoms with van der Waals surface area (Å²) >= 11 is 0. The lowest BCUT2D eigenvalue weighted by Gasteiger charge is -2.11. The molecule has 0 heterocycles. The highest BCUT2D eigenvalue weighted by atomic mass is 19.1. The van der Waals surface area contributed by atoms with Crippen LogP contribution in [-0.4, -0.2) is 5.11 Å². The van der Waals surface area contributed by atoms with Gasteiger partial charge in [-0.05, 0) is 42.2 Å². The highest BCUT2D eigenvalue weighted by Gasteiger charge is 2.23. The van der Waals surface area contributed by atoms with Crippen molar-refractivity contribution < 1.29 is 14.2 Å². The average molecular weight is 283 g/mol. The standard InChI is InChI=1S/C17H14FNO2/c18-15-6-4-11(8-12(15)9-19)10-21-17-3-1-2-13-14(17)5-7-16(13)20/h1-4,6,8,16,20H,5,7,10H2. The quantitative estimate of drug-likeness (QED) is 0.940. The zero-order chi connectivity index (χ0) is 14.8. The van der Waals surface area contributed by atoms with Gasteiger partial charge in [-0.25, -0.2) is 4.39 Å². The van der Waals surface area contributed by atoms with Gasteiger partial charge < -0.3 is 9.84 Å². The van der Waals surface area contributed by atoms with Crippen LogP contribution in [0, 0.1) is 17.1 Å². The van der Waals surface area contributed by atoms with Gasteiger partial charge in [0.25, 0.3) is 0 Å². The van der Waals surface area contributed by atoms with Crippen molar-refractivity contribution in [2.45, 2.75) is 25.6 Å². The Morgan fingerprint density at radius 1 is 1.33 bits per heavy atom. The summed E-state index contributed by atoms with van der Waals surface area (Å²) in [5, 5.41) is 18.7. The summed E-state index contributed by atoms with van der Waals surface area (Å²) < 4.78 is 19.0. The maximum atomic E-state index is 13.3. The van der Waals surface area contributed by atoms with Gasteiger partial charge in [0.05, 0.1) is 11.7 Å². The molecule has 0 aliphatic heterocycles. The van der Waals surface area contributed by atoms with Crippen molar-refractivity contribution in [2.24, 2.45) is 0 Å². The number of aliphatic hydroxyl groups excluding tert-OH is 1. The molecule has 21 heavy (non-hydrogen) atoms. The molecule has 0 aromatic heterocycles. The van der Waals surface area contributed by atoms with Crippen LogP contribution in [0.4, 0.5) is 4.39 Å². The number of nitrogens with zero attached hydrogens (tertiary/aromatic N) is 1. The Bertz CT molecular complexity index is 721. The fourth-order valence-electron chi connectivity index (χ4n) is 2.64. The second-order valence-corrected chi connectivity index (χ2v) is 5.09. The molecule has 2 aromatic rings. The molecule has 0 saturated carbocycles. The van der Waals surface area contributed by atoms with Gasteiger partial charge in [-0.3, -0.25) is 0 Å². The number of ether oxygens (including phenoxy) is 1. The number of rotatable bonds is 3. The smallest absolute Gasteiger partial charge is 0.140 e. The summed E-state index contributed by atoms with van der Waals surface area (Å²) in [5.41, 5.74) is 2.71. The predicted octanol–water partition coefficient (Wildman–Crippen LogP) is 3.26. The first-order valence-corrected chi connectivity index (χ1v) is 6.80. The van der Waals surface area contributed by atoms with Crippen LogP contribution in [0.15, 0.2) is 36.4 Å². The SMILES string of the molecule is N#Cc1cc(COc2cccc3c2CCC3O)ccc1F. The second-order valence-electron chi connectivity index (χ2n) is 5.09. The topological polar surface area (TPSA) is 53.2 Å². The molecular weight excluding hydrogens is 269 g/mol. The molecule has 4 heteroatoms. The predicted molar refractivity (Wildman–Crippen MR) is 75.2 cm³/mol. The molecule has 1 atom stereocenters. The number of fused-ring (bicyclic) bond motifs is 1. The Balaban J connectivity index is 1.79. The Morgan fingerprint density at radius 3 is 3.00 bits per heavy atom. The zero-order valence-corrected chi connectivity index (χ0v) is 11.3. The van der Waals surface area contributed by atoms with E-state index in [9.17, 15) is 9.50 Å². The van der Waals surface area contributed by atoms with E-state index in [0.717, 1.165) is 28.9 Å². The average Bonchev–Trinajstić information content (AvgIpc) is 2.89. The van der Waals surface area contributed by atoms with Gasteiger partial charge in [0.2, 0.25) is 0 Å². The van der Waals surface area contributed by atoms with Crippen molar-refractivity contribution in [2.75, 3.05) is 0 Å². The van der Waals surface area contributed by atoms with Gasteiger partial charge in [-0.1, -0.05) is 18.2 Å². The summed E-state index contributed by atoms with van der Waals surface area (Å²) in [4.78, 5) is 0. The molecule has 1 aliphatic carbocycles. The number of hydrogen-bond donors (Lipinski definition) is 1. The highest BCUT2D eigenvalue weighted by molar-refractivity contribution is 5.44. The first kappa shape index (κ1) is 13.6. The van der Waals surface area contributed by atoms with Crippen molar-refractivity contribution in [3.63, 3.8) is 0 Å². The van der Waals surface area contributed by atoms with Gasteiger partial charge in [0, 0.05) is 5.56 Å². The van der Waals surface area contributed by atoms with Crippen LogP contribution in [0.5, 0.6) is 5.75 Å². The first-order valence-electron chi connectivity index (χ1n) is 6.80. The van der Waals surface area contributed by atoms with Gasteiger partial charge in [-0.15, -0.1) is 0 Å². The van der Waals surface area contributed by atoms with Crippen molar-refractivity contribution >= 4 is 0 Å². The normalized spacial score (nSPS) is 16.3. The van der Waals surface area contributed by atoms with E-state index >= 15 is 0 Å². The van der Waals surface area contributed by atoms with E-state index in [1.54, 1.807) is 6.07 Å². The van der Waals surface area contributed by atoms with Gasteiger partial charge in [-0.2, -0.15) is 5.26 Å².